The Morgan fingerprint density at radius 1 is 0.914 bits per heavy atom. The minimum Gasteiger partial charge on any atom is -0.465 e. The summed E-state index contributed by atoms with van der Waals surface area (Å²) in [6, 6.07) is 13.9. The van der Waals surface area contributed by atoms with Crippen molar-refractivity contribution in [3.05, 3.63) is 98.0 Å². The molecule has 0 saturated carbocycles. The van der Waals surface area contributed by atoms with Crippen molar-refractivity contribution < 1.29 is 14.3 Å². The summed E-state index contributed by atoms with van der Waals surface area (Å²) in [4.78, 5) is 28.0. The Hall–Kier alpha value is -3.57. The van der Waals surface area contributed by atoms with Gasteiger partial charge in [0.2, 0.25) is 0 Å². The molecule has 4 rings (SSSR count). The summed E-state index contributed by atoms with van der Waals surface area (Å²) in [5.74, 6) is -0.843. The van der Waals surface area contributed by atoms with Gasteiger partial charge in [0.25, 0.3) is 5.91 Å². The number of ether oxygens (including phenoxy) is 1. The molecule has 35 heavy (non-hydrogen) atoms. The van der Waals surface area contributed by atoms with Crippen LogP contribution >= 0.6 is 11.6 Å². The van der Waals surface area contributed by atoms with Crippen LogP contribution in [0.25, 0.3) is 11.8 Å². The molecule has 0 unspecified atom stereocenters. The Kier molecular flexibility index (Phi) is 6.48. The minimum atomic E-state index is -0.550. The highest BCUT2D eigenvalue weighted by atomic mass is 35.5. The van der Waals surface area contributed by atoms with E-state index in [-0.39, 0.29) is 11.5 Å². The fourth-order valence-electron chi connectivity index (χ4n) is 4.78. The zero-order chi connectivity index (χ0) is 25.6. The first-order chi connectivity index (χ1) is 16.5. The molecule has 1 aliphatic rings. The molecule has 1 amide bonds. The van der Waals surface area contributed by atoms with Crippen LogP contribution in [-0.2, 0) is 14.3 Å². The Bertz CT molecular complexity index is 1420. The monoisotopic (exact) mass is 488 g/mol. The molecular formula is C29H29ClN2O3. The SMILES string of the molecule is COC(=O)C1=C(C)N(c2ccc(C)c(Cl)c2)C(=O)/C1=C\c1cc(C)n(-c2cc(C)cc(C)c2)c1C. The number of hydrogen-bond donors (Lipinski definition) is 0. The van der Waals surface area contributed by atoms with Gasteiger partial charge in [-0.15, -0.1) is 0 Å². The number of aromatic nitrogens is 1. The van der Waals surface area contributed by atoms with Crippen LogP contribution < -0.4 is 4.90 Å². The van der Waals surface area contributed by atoms with E-state index < -0.39 is 5.97 Å². The van der Waals surface area contributed by atoms with Crippen LogP contribution in [0.2, 0.25) is 5.02 Å². The van der Waals surface area contributed by atoms with Crippen LogP contribution in [0, 0.1) is 34.6 Å². The highest BCUT2D eigenvalue weighted by Crippen LogP contribution is 2.37. The standard InChI is InChI=1S/C29H29ClN2O3/c1-16-10-17(2)12-24(11-16)31-19(4)13-22(20(31)5)14-25-27(29(34)35-7)21(6)32(28(25)33)23-9-8-18(3)26(30)15-23/h8-15H,1-7H3/b25-14-. The third-order valence-corrected chi connectivity index (χ3v) is 6.85. The maximum Gasteiger partial charge on any atom is 0.340 e. The number of methoxy groups -OCH3 is 1. The van der Waals surface area contributed by atoms with Gasteiger partial charge in [0.15, 0.2) is 0 Å². The first-order valence-electron chi connectivity index (χ1n) is 11.4. The predicted molar refractivity (Wildman–Crippen MR) is 141 cm³/mol. The maximum atomic E-state index is 13.7. The van der Waals surface area contributed by atoms with Crippen molar-refractivity contribution in [3.63, 3.8) is 0 Å². The van der Waals surface area contributed by atoms with E-state index in [4.69, 9.17) is 16.3 Å². The highest BCUT2D eigenvalue weighted by molar-refractivity contribution is 6.32. The largest absolute Gasteiger partial charge is 0.465 e. The van der Waals surface area contributed by atoms with Gasteiger partial charge in [-0.1, -0.05) is 23.7 Å². The molecule has 2 heterocycles. The van der Waals surface area contributed by atoms with Gasteiger partial charge in [0, 0.05) is 27.8 Å². The van der Waals surface area contributed by atoms with Crippen molar-refractivity contribution in [2.24, 2.45) is 0 Å². The van der Waals surface area contributed by atoms with Gasteiger partial charge in [-0.3, -0.25) is 9.69 Å². The first-order valence-corrected chi connectivity index (χ1v) is 11.8. The number of amides is 1. The average Bonchev–Trinajstić information content (AvgIpc) is 3.20. The predicted octanol–water partition coefficient (Wildman–Crippen LogP) is 6.55. The second-order valence-electron chi connectivity index (χ2n) is 9.09. The van der Waals surface area contributed by atoms with Gasteiger partial charge >= 0.3 is 5.97 Å². The summed E-state index contributed by atoms with van der Waals surface area (Å²) in [5.41, 5.74) is 8.88. The molecule has 0 saturated heterocycles. The molecule has 3 aromatic rings. The molecule has 6 heteroatoms. The van der Waals surface area contributed by atoms with Gasteiger partial charge < -0.3 is 9.30 Å². The summed E-state index contributed by atoms with van der Waals surface area (Å²) in [5, 5.41) is 0.553. The van der Waals surface area contributed by atoms with Crippen molar-refractivity contribution in [2.45, 2.75) is 41.5 Å². The summed E-state index contributed by atoms with van der Waals surface area (Å²) in [7, 11) is 1.32. The number of nitrogens with zero attached hydrogens (tertiary/aromatic N) is 2. The van der Waals surface area contributed by atoms with E-state index in [9.17, 15) is 9.59 Å². The molecule has 1 aromatic heterocycles. The lowest BCUT2D eigenvalue weighted by Gasteiger charge is -2.18. The number of carbonyl (C=O) groups is 2. The summed E-state index contributed by atoms with van der Waals surface area (Å²) >= 11 is 6.34. The third-order valence-electron chi connectivity index (χ3n) is 6.44. The van der Waals surface area contributed by atoms with E-state index >= 15 is 0 Å². The molecule has 0 aliphatic carbocycles. The lowest BCUT2D eigenvalue weighted by atomic mass is 10.0. The topological polar surface area (TPSA) is 51.5 Å². The van der Waals surface area contributed by atoms with Crippen molar-refractivity contribution in [3.8, 4) is 5.69 Å². The Balaban J connectivity index is 1.86. The van der Waals surface area contributed by atoms with Crippen LogP contribution in [0.5, 0.6) is 0 Å². The lowest BCUT2D eigenvalue weighted by molar-refractivity contribution is -0.136. The van der Waals surface area contributed by atoms with Gasteiger partial charge in [-0.05, 0) is 100 Å². The number of halogens is 1. The maximum absolute atomic E-state index is 13.7. The molecule has 0 atom stereocenters. The fourth-order valence-corrected chi connectivity index (χ4v) is 4.95. The molecule has 0 N–H and O–H groups in total. The van der Waals surface area contributed by atoms with Crippen molar-refractivity contribution in [1.82, 2.24) is 4.57 Å². The zero-order valence-corrected chi connectivity index (χ0v) is 21.9. The molecule has 180 valence electrons. The van der Waals surface area contributed by atoms with Crippen molar-refractivity contribution in [1.29, 1.82) is 0 Å². The van der Waals surface area contributed by atoms with Crippen LogP contribution in [0.1, 0.15) is 40.6 Å². The van der Waals surface area contributed by atoms with Gasteiger partial charge in [-0.25, -0.2) is 4.79 Å². The number of anilines is 1. The molecule has 1 aliphatic heterocycles. The smallest absolute Gasteiger partial charge is 0.340 e. The van der Waals surface area contributed by atoms with E-state index in [1.54, 1.807) is 19.1 Å². The molecular weight excluding hydrogens is 460 g/mol. The number of esters is 1. The molecule has 0 fully saturated rings. The second-order valence-corrected chi connectivity index (χ2v) is 9.50. The number of rotatable bonds is 4. The minimum absolute atomic E-state index is 0.255. The number of carbonyl (C=O) groups excluding carboxylic acids is 2. The van der Waals surface area contributed by atoms with Gasteiger partial charge in [0.05, 0.1) is 23.9 Å². The Labute approximate surface area is 211 Å². The molecule has 0 radical (unpaired) electrons. The summed E-state index contributed by atoms with van der Waals surface area (Å²) in [6.45, 7) is 11.9. The van der Waals surface area contributed by atoms with Gasteiger partial charge in [-0.2, -0.15) is 0 Å². The number of allylic oxidation sites excluding steroid dienone is 1. The van der Waals surface area contributed by atoms with E-state index in [2.05, 4.69) is 36.6 Å². The number of benzene rings is 2. The Morgan fingerprint density at radius 3 is 2.17 bits per heavy atom. The zero-order valence-electron chi connectivity index (χ0n) is 21.1. The van der Waals surface area contributed by atoms with Crippen LogP contribution in [0.4, 0.5) is 5.69 Å². The molecule has 5 nitrogen and oxygen atoms in total. The third kappa shape index (κ3) is 4.32. The van der Waals surface area contributed by atoms with E-state index in [0.717, 1.165) is 28.2 Å². The first kappa shape index (κ1) is 24.6. The number of aryl methyl sites for hydroxylation is 4. The normalized spacial score (nSPS) is 14.9. The summed E-state index contributed by atoms with van der Waals surface area (Å²) < 4.78 is 7.22. The van der Waals surface area contributed by atoms with Crippen LogP contribution in [-0.4, -0.2) is 23.6 Å². The van der Waals surface area contributed by atoms with E-state index in [0.29, 0.717) is 22.0 Å². The van der Waals surface area contributed by atoms with E-state index in [1.807, 2.05) is 39.0 Å². The molecule has 0 spiro atoms. The second kappa shape index (κ2) is 9.23. The van der Waals surface area contributed by atoms with E-state index in [1.165, 1.54) is 23.1 Å². The Morgan fingerprint density at radius 2 is 1.57 bits per heavy atom. The van der Waals surface area contributed by atoms with Crippen LogP contribution in [0.15, 0.2) is 59.3 Å². The van der Waals surface area contributed by atoms with Crippen molar-refractivity contribution >= 4 is 35.2 Å². The van der Waals surface area contributed by atoms with Crippen molar-refractivity contribution in [2.75, 3.05) is 12.0 Å². The quantitative estimate of drug-likeness (QED) is 0.309. The summed E-state index contributed by atoms with van der Waals surface area (Å²) in [6.07, 6.45) is 1.79. The molecule has 0 bridgehead atoms. The highest BCUT2D eigenvalue weighted by Gasteiger charge is 2.38. The van der Waals surface area contributed by atoms with Gasteiger partial charge in [0.1, 0.15) is 0 Å². The lowest BCUT2D eigenvalue weighted by Crippen LogP contribution is -2.24. The number of hydrogen-bond acceptors (Lipinski definition) is 3. The molecule has 2 aromatic carbocycles. The fraction of sp³-hybridized carbons (Fsp3) is 0.241. The average molecular weight is 489 g/mol. The van der Waals surface area contributed by atoms with Crippen LogP contribution in [0.3, 0.4) is 0 Å².